The van der Waals surface area contributed by atoms with Gasteiger partial charge >= 0.3 is 0 Å². The first kappa shape index (κ1) is 9.58. The van der Waals surface area contributed by atoms with Crippen LogP contribution in [-0.4, -0.2) is 13.0 Å². The lowest BCUT2D eigenvalue weighted by atomic mass is 10.3. The second kappa shape index (κ2) is 4.50. The molecule has 1 amide bonds. The van der Waals surface area contributed by atoms with Crippen molar-refractivity contribution in [3.05, 3.63) is 24.3 Å². The summed E-state index contributed by atoms with van der Waals surface area (Å²) in [6.45, 7) is 1.82. The van der Waals surface area contributed by atoms with E-state index < -0.39 is 0 Å². The van der Waals surface area contributed by atoms with Gasteiger partial charge in [-0.1, -0.05) is 6.92 Å². The standard InChI is InChI=1S/C10H13NO2.H2/c1-3-10(12)11-8-4-6-9(13-2)7-5-8;/h4-7H,3H2,1-2H3,(H,11,12);1H. The topological polar surface area (TPSA) is 38.3 Å². The Morgan fingerprint density at radius 3 is 2.54 bits per heavy atom. The van der Waals surface area contributed by atoms with Crippen LogP contribution in [0, 0.1) is 0 Å². The number of methoxy groups -OCH3 is 1. The molecular weight excluding hydrogens is 166 g/mol. The first-order valence-corrected chi connectivity index (χ1v) is 4.20. The van der Waals surface area contributed by atoms with Crippen LogP contribution in [0.15, 0.2) is 24.3 Å². The van der Waals surface area contributed by atoms with Gasteiger partial charge in [0.05, 0.1) is 7.11 Å². The number of rotatable bonds is 3. The Kier molecular flexibility index (Phi) is 3.31. The fourth-order valence-corrected chi connectivity index (χ4v) is 0.924. The molecule has 0 aliphatic carbocycles. The Bertz CT molecular complexity index is 285. The summed E-state index contributed by atoms with van der Waals surface area (Å²) >= 11 is 0. The van der Waals surface area contributed by atoms with E-state index in [0.717, 1.165) is 11.4 Å². The van der Waals surface area contributed by atoms with Crippen molar-refractivity contribution >= 4 is 11.6 Å². The molecule has 0 bridgehead atoms. The first-order valence-electron chi connectivity index (χ1n) is 4.20. The highest BCUT2D eigenvalue weighted by molar-refractivity contribution is 5.90. The lowest BCUT2D eigenvalue weighted by Crippen LogP contribution is -2.08. The molecule has 1 N–H and O–H groups in total. The van der Waals surface area contributed by atoms with Crippen molar-refractivity contribution in [1.82, 2.24) is 0 Å². The van der Waals surface area contributed by atoms with Crippen molar-refractivity contribution in [3.63, 3.8) is 0 Å². The van der Waals surface area contributed by atoms with Gasteiger partial charge in [-0.05, 0) is 24.3 Å². The number of carbonyl (C=O) groups excluding carboxylic acids is 1. The molecule has 3 heteroatoms. The van der Waals surface area contributed by atoms with E-state index >= 15 is 0 Å². The fraction of sp³-hybridized carbons (Fsp3) is 0.300. The number of anilines is 1. The molecule has 13 heavy (non-hydrogen) atoms. The van der Waals surface area contributed by atoms with Crippen molar-refractivity contribution in [2.75, 3.05) is 12.4 Å². The van der Waals surface area contributed by atoms with Gasteiger partial charge in [0.25, 0.3) is 0 Å². The number of nitrogens with one attached hydrogen (secondary N) is 1. The second-order valence-electron chi connectivity index (χ2n) is 2.63. The van der Waals surface area contributed by atoms with Gasteiger partial charge in [0, 0.05) is 13.5 Å². The van der Waals surface area contributed by atoms with E-state index in [1.165, 1.54) is 0 Å². The van der Waals surface area contributed by atoms with Crippen LogP contribution in [0.25, 0.3) is 0 Å². The Morgan fingerprint density at radius 1 is 1.46 bits per heavy atom. The molecule has 0 saturated carbocycles. The number of amides is 1. The molecule has 1 rings (SSSR count). The van der Waals surface area contributed by atoms with Crippen molar-refractivity contribution in [2.24, 2.45) is 0 Å². The van der Waals surface area contributed by atoms with Crippen LogP contribution >= 0.6 is 0 Å². The maximum atomic E-state index is 11.0. The van der Waals surface area contributed by atoms with E-state index in [1.807, 2.05) is 31.2 Å². The van der Waals surface area contributed by atoms with Gasteiger partial charge in [0.1, 0.15) is 5.75 Å². The lowest BCUT2D eigenvalue weighted by Gasteiger charge is -2.04. The summed E-state index contributed by atoms with van der Waals surface area (Å²) in [7, 11) is 1.61. The molecule has 0 aliphatic rings. The van der Waals surface area contributed by atoms with E-state index in [-0.39, 0.29) is 7.33 Å². The van der Waals surface area contributed by atoms with E-state index in [0.29, 0.717) is 6.42 Å². The van der Waals surface area contributed by atoms with Gasteiger partial charge in [-0.3, -0.25) is 4.79 Å². The number of carbonyl (C=O) groups is 1. The van der Waals surface area contributed by atoms with Crippen LogP contribution in [-0.2, 0) is 4.79 Å². The monoisotopic (exact) mass is 181 g/mol. The fourth-order valence-electron chi connectivity index (χ4n) is 0.924. The Morgan fingerprint density at radius 2 is 2.08 bits per heavy atom. The van der Waals surface area contributed by atoms with E-state index in [4.69, 9.17) is 4.74 Å². The van der Waals surface area contributed by atoms with Crippen molar-refractivity contribution in [1.29, 1.82) is 0 Å². The smallest absolute Gasteiger partial charge is 0.224 e. The van der Waals surface area contributed by atoms with Gasteiger partial charge in [0.2, 0.25) is 5.91 Å². The van der Waals surface area contributed by atoms with E-state index in [1.54, 1.807) is 7.11 Å². The van der Waals surface area contributed by atoms with Crippen LogP contribution in [0.4, 0.5) is 5.69 Å². The summed E-state index contributed by atoms with van der Waals surface area (Å²) in [5.41, 5.74) is 0.799. The third-order valence-electron chi connectivity index (χ3n) is 1.69. The predicted octanol–water partition coefficient (Wildman–Crippen LogP) is 2.29. The van der Waals surface area contributed by atoms with Crippen LogP contribution in [0.2, 0.25) is 0 Å². The third kappa shape index (κ3) is 2.78. The van der Waals surface area contributed by atoms with Gasteiger partial charge in [0.15, 0.2) is 0 Å². The Balaban J connectivity index is 0.00000169. The Hall–Kier alpha value is -1.51. The van der Waals surface area contributed by atoms with Gasteiger partial charge < -0.3 is 10.1 Å². The summed E-state index contributed by atoms with van der Waals surface area (Å²) < 4.78 is 4.99. The quantitative estimate of drug-likeness (QED) is 0.777. The minimum atomic E-state index is 0. The molecule has 1 aromatic carbocycles. The minimum Gasteiger partial charge on any atom is -0.497 e. The van der Waals surface area contributed by atoms with Crippen molar-refractivity contribution in [2.45, 2.75) is 13.3 Å². The predicted molar refractivity (Wildman–Crippen MR) is 54.0 cm³/mol. The van der Waals surface area contributed by atoms with Crippen LogP contribution in [0.3, 0.4) is 0 Å². The molecule has 72 valence electrons. The molecule has 3 nitrogen and oxygen atoms in total. The molecule has 1 aromatic rings. The van der Waals surface area contributed by atoms with Crippen molar-refractivity contribution in [3.8, 4) is 5.75 Å². The van der Waals surface area contributed by atoms with E-state index in [9.17, 15) is 4.79 Å². The molecule has 0 unspecified atom stereocenters. The zero-order chi connectivity index (χ0) is 9.68. The molecule has 0 aliphatic heterocycles. The zero-order valence-electron chi connectivity index (χ0n) is 7.83. The molecule has 0 saturated heterocycles. The van der Waals surface area contributed by atoms with Gasteiger partial charge in [-0.2, -0.15) is 0 Å². The summed E-state index contributed by atoms with van der Waals surface area (Å²) in [6, 6.07) is 7.25. The van der Waals surface area contributed by atoms with Gasteiger partial charge in [-0.25, -0.2) is 0 Å². The average Bonchev–Trinajstić information content (AvgIpc) is 2.19. The maximum Gasteiger partial charge on any atom is 0.224 e. The average molecular weight is 181 g/mol. The molecule has 0 heterocycles. The van der Waals surface area contributed by atoms with Crippen LogP contribution < -0.4 is 10.1 Å². The largest absolute Gasteiger partial charge is 0.497 e. The minimum absolute atomic E-state index is 0. The maximum absolute atomic E-state index is 11.0. The molecular formula is C10H15NO2. The molecule has 0 radical (unpaired) electrons. The van der Waals surface area contributed by atoms with Crippen LogP contribution in [0.1, 0.15) is 14.8 Å². The number of benzene rings is 1. The summed E-state index contributed by atoms with van der Waals surface area (Å²) in [4.78, 5) is 11.0. The summed E-state index contributed by atoms with van der Waals surface area (Å²) in [5, 5.41) is 2.75. The number of hydrogen-bond acceptors (Lipinski definition) is 2. The second-order valence-corrected chi connectivity index (χ2v) is 2.63. The molecule has 0 fully saturated rings. The third-order valence-corrected chi connectivity index (χ3v) is 1.69. The summed E-state index contributed by atoms with van der Waals surface area (Å²) in [6.07, 6.45) is 0.492. The summed E-state index contributed by atoms with van der Waals surface area (Å²) in [5.74, 6) is 0.805. The zero-order valence-corrected chi connectivity index (χ0v) is 7.83. The lowest BCUT2D eigenvalue weighted by molar-refractivity contribution is -0.115. The van der Waals surface area contributed by atoms with E-state index in [2.05, 4.69) is 5.32 Å². The number of ether oxygens (including phenoxy) is 1. The highest BCUT2D eigenvalue weighted by atomic mass is 16.5. The van der Waals surface area contributed by atoms with Crippen molar-refractivity contribution < 1.29 is 11.0 Å². The number of hydrogen-bond donors (Lipinski definition) is 1. The SMILES string of the molecule is CCC(=O)Nc1ccc(OC)cc1.[HH]. The normalized spacial score (nSPS) is 9.38. The molecule has 0 atom stereocenters. The molecule has 0 aromatic heterocycles. The van der Waals surface area contributed by atoms with Gasteiger partial charge in [-0.15, -0.1) is 0 Å². The van der Waals surface area contributed by atoms with Crippen LogP contribution in [0.5, 0.6) is 5.75 Å². The highest BCUT2D eigenvalue weighted by Crippen LogP contribution is 2.14. The highest BCUT2D eigenvalue weighted by Gasteiger charge is 1.97. The molecule has 0 spiro atoms. The first-order chi connectivity index (χ1) is 6.26. The Labute approximate surface area is 79.2 Å².